The zero-order chi connectivity index (χ0) is 13.1. The van der Waals surface area contributed by atoms with Crippen molar-refractivity contribution in [2.24, 2.45) is 11.8 Å². The first kappa shape index (κ1) is 13.9. The molecule has 0 saturated heterocycles. The lowest BCUT2D eigenvalue weighted by molar-refractivity contribution is 0.231. The van der Waals surface area contributed by atoms with Gasteiger partial charge in [-0.05, 0) is 38.6 Å². The predicted molar refractivity (Wildman–Crippen MR) is 75.8 cm³/mol. The average Bonchev–Trinajstić information content (AvgIpc) is 2.74. The van der Waals surface area contributed by atoms with Gasteiger partial charge < -0.3 is 5.32 Å². The van der Waals surface area contributed by atoms with Crippen molar-refractivity contribution in [3.05, 3.63) is 16.9 Å². The molecule has 18 heavy (non-hydrogen) atoms. The molecule has 1 aliphatic carbocycles. The van der Waals surface area contributed by atoms with Crippen molar-refractivity contribution >= 4 is 11.6 Å². The van der Waals surface area contributed by atoms with Crippen LogP contribution in [0.4, 0.5) is 0 Å². The maximum Gasteiger partial charge on any atom is 0.0834 e. The van der Waals surface area contributed by atoms with Gasteiger partial charge >= 0.3 is 0 Å². The van der Waals surface area contributed by atoms with Crippen LogP contribution in [0.25, 0.3) is 0 Å². The highest BCUT2D eigenvalue weighted by Gasteiger charge is 2.29. The molecule has 1 unspecified atom stereocenters. The second-order valence-electron chi connectivity index (χ2n) is 5.48. The number of aryl methyl sites for hydroxylation is 1. The Bertz CT molecular complexity index is 380. The number of nitrogens with zero attached hydrogens (tertiary/aromatic N) is 2. The summed E-state index contributed by atoms with van der Waals surface area (Å²) in [6.07, 6.45) is 7.02. The van der Waals surface area contributed by atoms with Gasteiger partial charge in [0.05, 0.1) is 23.0 Å². The first-order chi connectivity index (χ1) is 8.67. The second-order valence-corrected chi connectivity index (χ2v) is 5.89. The number of hydrogen-bond donors (Lipinski definition) is 1. The second kappa shape index (κ2) is 6.07. The molecule has 2 rings (SSSR count). The molecule has 1 aromatic rings. The van der Waals surface area contributed by atoms with Crippen molar-refractivity contribution in [1.82, 2.24) is 15.1 Å². The first-order valence-corrected chi connectivity index (χ1v) is 7.43. The van der Waals surface area contributed by atoms with E-state index in [1.807, 2.05) is 11.7 Å². The van der Waals surface area contributed by atoms with Crippen LogP contribution < -0.4 is 5.32 Å². The van der Waals surface area contributed by atoms with Crippen molar-refractivity contribution in [1.29, 1.82) is 0 Å². The number of hydrogen-bond acceptors (Lipinski definition) is 2. The quantitative estimate of drug-likeness (QED) is 0.904. The number of aromatic nitrogens is 2. The largest absolute Gasteiger partial charge is 0.311 e. The summed E-state index contributed by atoms with van der Waals surface area (Å²) in [6, 6.07) is 0.340. The lowest BCUT2D eigenvalue weighted by Crippen LogP contribution is -2.30. The summed E-state index contributed by atoms with van der Waals surface area (Å²) in [5.41, 5.74) is 1.17. The van der Waals surface area contributed by atoms with E-state index in [-0.39, 0.29) is 0 Å². The van der Waals surface area contributed by atoms with Crippen molar-refractivity contribution in [2.75, 3.05) is 7.05 Å². The number of halogens is 1. The molecule has 0 aromatic carbocycles. The van der Waals surface area contributed by atoms with E-state index in [9.17, 15) is 0 Å². The van der Waals surface area contributed by atoms with Gasteiger partial charge in [-0.3, -0.25) is 4.68 Å². The van der Waals surface area contributed by atoms with Crippen LogP contribution in [-0.4, -0.2) is 16.8 Å². The molecule has 1 aromatic heterocycles. The Kier molecular flexibility index (Phi) is 4.68. The maximum atomic E-state index is 6.32. The minimum atomic E-state index is 0.340. The van der Waals surface area contributed by atoms with E-state index in [4.69, 9.17) is 11.6 Å². The SMILES string of the molecule is CCn1ncc(Cl)c1C(NC)C1CCC(C)CC1. The molecule has 1 atom stereocenters. The van der Waals surface area contributed by atoms with E-state index < -0.39 is 0 Å². The van der Waals surface area contributed by atoms with E-state index in [0.717, 1.165) is 17.5 Å². The van der Waals surface area contributed by atoms with Crippen LogP contribution in [0.15, 0.2) is 6.20 Å². The molecule has 1 saturated carbocycles. The molecule has 0 spiro atoms. The molecule has 1 heterocycles. The van der Waals surface area contributed by atoms with Gasteiger partial charge in [0.1, 0.15) is 0 Å². The van der Waals surface area contributed by atoms with E-state index >= 15 is 0 Å². The lowest BCUT2D eigenvalue weighted by atomic mass is 9.78. The fourth-order valence-electron chi connectivity index (χ4n) is 3.15. The molecule has 102 valence electrons. The molecule has 1 aliphatic rings. The van der Waals surface area contributed by atoms with E-state index in [0.29, 0.717) is 12.0 Å². The predicted octanol–water partition coefficient (Wildman–Crippen LogP) is 3.64. The van der Waals surface area contributed by atoms with Gasteiger partial charge in [0.25, 0.3) is 0 Å². The summed E-state index contributed by atoms with van der Waals surface area (Å²) in [6.45, 7) is 5.35. The van der Waals surface area contributed by atoms with E-state index in [1.54, 1.807) is 6.20 Å². The van der Waals surface area contributed by atoms with Crippen LogP contribution in [0.2, 0.25) is 5.02 Å². The Morgan fingerprint density at radius 2 is 2.11 bits per heavy atom. The summed E-state index contributed by atoms with van der Waals surface area (Å²) in [5.74, 6) is 1.57. The molecule has 3 nitrogen and oxygen atoms in total. The Morgan fingerprint density at radius 1 is 1.44 bits per heavy atom. The van der Waals surface area contributed by atoms with Gasteiger partial charge in [-0.25, -0.2) is 0 Å². The first-order valence-electron chi connectivity index (χ1n) is 7.05. The van der Waals surface area contributed by atoms with Crippen LogP contribution in [0.1, 0.15) is 51.3 Å². The molecule has 4 heteroatoms. The molecular formula is C14H24ClN3. The highest BCUT2D eigenvalue weighted by atomic mass is 35.5. The third-order valence-corrected chi connectivity index (χ3v) is 4.56. The van der Waals surface area contributed by atoms with Gasteiger partial charge in [-0.15, -0.1) is 0 Å². The number of nitrogens with one attached hydrogen (secondary N) is 1. The summed E-state index contributed by atoms with van der Waals surface area (Å²) in [7, 11) is 2.03. The molecule has 0 bridgehead atoms. The fraction of sp³-hybridized carbons (Fsp3) is 0.786. The van der Waals surface area contributed by atoms with Crippen molar-refractivity contribution in [3.8, 4) is 0 Å². The molecular weight excluding hydrogens is 246 g/mol. The molecule has 1 N–H and O–H groups in total. The summed E-state index contributed by atoms with van der Waals surface area (Å²) < 4.78 is 2.03. The standard InChI is InChI=1S/C14H24ClN3/c1-4-18-14(12(15)9-17-18)13(16-3)11-7-5-10(2)6-8-11/h9-11,13,16H,4-8H2,1-3H3. The molecule has 1 fully saturated rings. The Balaban J connectivity index is 2.19. The smallest absolute Gasteiger partial charge is 0.0834 e. The van der Waals surface area contributed by atoms with Gasteiger partial charge in [-0.2, -0.15) is 5.10 Å². The zero-order valence-corrected chi connectivity index (χ0v) is 12.4. The average molecular weight is 270 g/mol. The van der Waals surface area contributed by atoms with Crippen LogP contribution in [0.5, 0.6) is 0 Å². The Labute approximate surface area is 115 Å². The van der Waals surface area contributed by atoms with Gasteiger partial charge in [-0.1, -0.05) is 31.4 Å². The third-order valence-electron chi connectivity index (χ3n) is 4.27. The van der Waals surface area contributed by atoms with E-state index in [2.05, 4.69) is 24.3 Å². The Morgan fingerprint density at radius 3 is 2.67 bits per heavy atom. The minimum absolute atomic E-state index is 0.340. The molecule has 0 radical (unpaired) electrons. The molecule has 0 amide bonds. The fourth-order valence-corrected chi connectivity index (χ4v) is 3.41. The highest BCUT2D eigenvalue weighted by Crippen LogP contribution is 2.38. The van der Waals surface area contributed by atoms with Gasteiger partial charge in [0.15, 0.2) is 0 Å². The van der Waals surface area contributed by atoms with Crippen molar-refractivity contribution in [3.63, 3.8) is 0 Å². The van der Waals surface area contributed by atoms with E-state index in [1.165, 1.54) is 31.4 Å². The summed E-state index contributed by atoms with van der Waals surface area (Å²) in [5, 5.41) is 8.62. The van der Waals surface area contributed by atoms with Gasteiger partial charge in [0.2, 0.25) is 0 Å². The molecule has 0 aliphatic heterocycles. The van der Waals surface area contributed by atoms with Crippen molar-refractivity contribution in [2.45, 2.75) is 52.1 Å². The minimum Gasteiger partial charge on any atom is -0.311 e. The topological polar surface area (TPSA) is 29.9 Å². The lowest BCUT2D eigenvalue weighted by Gasteiger charge is -2.33. The summed E-state index contributed by atoms with van der Waals surface area (Å²) >= 11 is 6.32. The zero-order valence-electron chi connectivity index (χ0n) is 11.6. The van der Waals surface area contributed by atoms with Crippen LogP contribution in [0.3, 0.4) is 0 Å². The van der Waals surface area contributed by atoms with Crippen LogP contribution in [0, 0.1) is 11.8 Å². The van der Waals surface area contributed by atoms with Crippen LogP contribution in [-0.2, 0) is 6.54 Å². The normalized spacial score (nSPS) is 26.2. The summed E-state index contributed by atoms with van der Waals surface area (Å²) in [4.78, 5) is 0. The van der Waals surface area contributed by atoms with Crippen molar-refractivity contribution < 1.29 is 0 Å². The Hall–Kier alpha value is -0.540. The van der Waals surface area contributed by atoms with Gasteiger partial charge in [0, 0.05) is 6.54 Å². The maximum absolute atomic E-state index is 6.32. The number of rotatable bonds is 4. The van der Waals surface area contributed by atoms with Crippen LogP contribution >= 0.6 is 11.6 Å². The third kappa shape index (κ3) is 2.72. The monoisotopic (exact) mass is 269 g/mol. The highest BCUT2D eigenvalue weighted by molar-refractivity contribution is 6.31.